The lowest BCUT2D eigenvalue weighted by Crippen LogP contribution is -2.40. The summed E-state index contributed by atoms with van der Waals surface area (Å²) in [6.07, 6.45) is 6.25. The van der Waals surface area contributed by atoms with E-state index in [-0.39, 0.29) is 5.91 Å². The van der Waals surface area contributed by atoms with Gasteiger partial charge in [-0.3, -0.25) is 9.69 Å². The van der Waals surface area contributed by atoms with Crippen molar-refractivity contribution in [3.05, 3.63) is 60.7 Å². The predicted molar refractivity (Wildman–Crippen MR) is 118 cm³/mol. The van der Waals surface area contributed by atoms with Crippen LogP contribution in [0.3, 0.4) is 0 Å². The van der Waals surface area contributed by atoms with Gasteiger partial charge >= 0.3 is 0 Å². The summed E-state index contributed by atoms with van der Waals surface area (Å²) in [6.45, 7) is 7.81. The van der Waals surface area contributed by atoms with Crippen molar-refractivity contribution in [3.63, 3.8) is 0 Å². The van der Waals surface area contributed by atoms with Crippen LogP contribution in [0.4, 0.5) is 5.69 Å². The maximum absolute atomic E-state index is 12.6. The third kappa shape index (κ3) is 4.67. The number of nitrogens with zero attached hydrogens (tertiary/aromatic N) is 3. The lowest BCUT2D eigenvalue weighted by atomic mass is 9.96. The minimum absolute atomic E-state index is 0.0662. The molecule has 1 amide bonds. The van der Waals surface area contributed by atoms with Gasteiger partial charge in [0.15, 0.2) is 0 Å². The van der Waals surface area contributed by atoms with Crippen LogP contribution in [0, 0.1) is 5.92 Å². The minimum atomic E-state index is 0.0662. The van der Waals surface area contributed by atoms with Gasteiger partial charge in [-0.15, -0.1) is 0 Å². The molecule has 29 heavy (non-hydrogen) atoms. The molecule has 2 aromatic carbocycles. The Balaban J connectivity index is 1.29. The van der Waals surface area contributed by atoms with Crippen LogP contribution >= 0.6 is 0 Å². The molecule has 1 fully saturated rings. The van der Waals surface area contributed by atoms with Crippen molar-refractivity contribution in [1.82, 2.24) is 14.5 Å². The second kappa shape index (κ2) is 8.78. The topological polar surface area (TPSA) is 50.2 Å². The Morgan fingerprint density at radius 1 is 1.14 bits per heavy atom. The summed E-state index contributed by atoms with van der Waals surface area (Å²) < 4.78 is 2.30. The molecule has 5 nitrogen and oxygen atoms in total. The lowest BCUT2D eigenvalue weighted by Gasteiger charge is -2.32. The number of hydrogen-bond donors (Lipinski definition) is 1. The Hall–Kier alpha value is -2.66. The van der Waals surface area contributed by atoms with Crippen LogP contribution in [0.2, 0.25) is 0 Å². The van der Waals surface area contributed by atoms with E-state index in [9.17, 15) is 4.79 Å². The summed E-state index contributed by atoms with van der Waals surface area (Å²) >= 11 is 0. The number of anilines is 1. The molecular formula is C24H30N4O. The Morgan fingerprint density at radius 3 is 2.69 bits per heavy atom. The van der Waals surface area contributed by atoms with Crippen molar-refractivity contribution < 1.29 is 4.79 Å². The fourth-order valence-corrected chi connectivity index (χ4v) is 4.31. The molecule has 152 valence electrons. The molecular weight excluding hydrogens is 360 g/mol. The number of fused-ring (bicyclic) bond motifs is 1. The molecule has 1 N–H and O–H groups in total. The molecule has 0 spiro atoms. The fourth-order valence-electron chi connectivity index (χ4n) is 4.31. The standard InChI is InChI=1S/C24H30N4O/c1-18(2)24-25-12-15-28(24)16-19-10-13-27(14-11-19)17-23(29)26-22-9-5-7-20-6-3-4-8-21(20)22/h3-9,12,15,18-19H,10-11,13-14,16-17H2,1-2H3,(H,26,29). The van der Waals surface area contributed by atoms with Crippen molar-refractivity contribution in [1.29, 1.82) is 0 Å². The number of rotatable bonds is 6. The van der Waals surface area contributed by atoms with E-state index < -0.39 is 0 Å². The normalized spacial score (nSPS) is 15.8. The van der Waals surface area contributed by atoms with Gasteiger partial charge in [-0.1, -0.05) is 50.2 Å². The third-order valence-corrected chi connectivity index (χ3v) is 5.86. The molecule has 0 unspecified atom stereocenters. The number of carbonyl (C=O) groups excluding carboxylic acids is 1. The van der Waals surface area contributed by atoms with E-state index in [1.807, 2.05) is 30.5 Å². The van der Waals surface area contributed by atoms with E-state index in [0.29, 0.717) is 18.4 Å². The number of carbonyl (C=O) groups is 1. The van der Waals surface area contributed by atoms with Crippen molar-refractivity contribution in [3.8, 4) is 0 Å². The molecule has 5 heteroatoms. The van der Waals surface area contributed by atoms with E-state index in [0.717, 1.165) is 48.9 Å². The van der Waals surface area contributed by atoms with Crippen molar-refractivity contribution in [2.45, 2.75) is 39.2 Å². The monoisotopic (exact) mass is 390 g/mol. The highest BCUT2D eigenvalue weighted by Crippen LogP contribution is 2.24. The summed E-state index contributed by atoms with van der Waals surface area (Å²) in [7, 11) is 0. The Morgan fingerprint density at radius 2 is 1.90 bits per heavy atom. The van der Waals surface area contributed by atoms with Gasteiger partial charge in [0.2, 0.25) is 5.91 Å². The Labute approximate surface area is 172 Å². The van der Waals surface area contributed by atoms with Crippen LogP contribution in [0.5, 0.6) is 0 Å². The molecule has 0 saturated carbocycles. The number of aromatic nitrogens is 2. The number of amides is 1. The number of imidazole rings is 1. The van der Waals surface area contributed by atoms with Crippen LogP contribution in [0.1, 0.15) is 38.4 Å². The van der Waals surface area contributed by atoms with E-state index in [2.05, 4.69) is 58.0 Å². The van der Waals surface area contributed by atoms with Crippen LogP contribution in [-0.4, -0.2) is 40.0 Å². The van der Waals surface area contributed by atoms with E-state index in [4.69, 9.17) is 0 Å². The zero-order valence-electron chi connectivity index (χ0n) is 17.3. The van der Waals surface area contributed by atoms with Gasteiger partial charge in [0.1, 0.15) is 5.82 Å². The van der Waals surface area contributed by atoms with Gasteiger partial charge < -0.3 is 9.88 Å². The van der Waals surface area contributed by atoms with Gasteiger partial charge in [0, 0.05) is 35.9 Å². The fraction of sp³-hybridized carbons (Fsp3) is 0.417. The van der Waals surface area contributed by atoms with Gasteiger partial charge in [-0.25, -0.2) is 4.98 Å². The lowest BCUT2D eigenvalue weighted by molar-refractivity contribution is -0.117. The summed E-state index contributed by atoms with van der Waals surface area (Å²) in [5.74, 6) is 2.33. The van der Waals surface area contributed by atoms with Crippen molar-refractivity contribution in [2.24, 2.45) is 5.92 Å². The first-order valence-corrected chi connectivity index (χ1v) is 10.6. The molecule has 1 saturated heterocycles. The number of nitrogens with one attached hydrogen (secondary N) is 1. The smallest absolute Gasteiger partial charge is 0.238 e. The largest absolute Gasteiger partial charge is 0.334 e. The number of likely N-dealkylation sites (tertiary alicyclic amines) is 1. The first-order valence-electron chi connectivity index (χ1n) is 10.6. The average molecular weight is 391 g/mol. The average Bonchev–Trinajstić information content (AvgIpc) is 3.18. The summed E-state index contributed by atoms with van der Waals surface area (Å²) in [4.78, 5) is 19.4. The first kappa shape index (κ1) is 19.6. The molecule has 0 bridgehead atoms. The minimum Gasteiger partial charge on any atom is -0.334 e. The molecule has 0 atom stereocenters. The maximum Gasteiger partial charge on any atom is 0.238 e. The molecule has 1 aliphatic heterocycles. The zero-order valence-corrected chi connectivity index (χ0v) is 17.3. The van der Waals surface area contributed by atoms with Crippen LogP contribution in [0.15, 0.2) is 54.9 Å². The van der Waals surface area contributed by atoms with Gasteiger partial charge in [-0.05, 0) is 43.3 Å². The first-order chi connectivity index (χ1) is 14.1. The zero-order chi connectivity index (χ0) is 20.2. The predicted octanol–water partition coefficient (Wildman–Crippen LogP) is 4.51. The molecule has 4 rings (SSSR count). The highest BCUT2D eigenvalue weighted by molar-refractivity contribution is 6.02. The van der Waals surface area contributed by atoms with Gasteiger partial charge in [-0.2, -0.15) is 0 Å². The number of piperidine rings is 1. The second-order valence-electron chi connectivity index (χ2n) is 8.39. The van der Waals surface area contributed by atoms with Gasteiger partial charge in [0.25, 0.3) is 0 Å². The highest BCUT2D eigenvalue weighted by atomic mass is 16.2. The number of hydrogen-bond acceptors (Lipinski definition) is 3. The highest BCUT2D eigenvalue weighted by Gasteiger charge is 2.22. The molecule has 1 aromatic heterocycles. The van der Waals surface area contributed by atoms with Crippen molar-refractivity contribution >= 4 is 22.4 Å². The van der Waals surface area contributed by atoms with Crippen LogP contribution < -0.4 is 5.32 Å². The van der Waals surface area contributed by atoms with Crippen LogP contribution in [-0.2, 0) is 11.3 Å². The SMILES string of the molecule is CC(C)c1nccn1CC1CCN(CC(=O)Nc2cccc3ccccc23)CC1. The Bertz CT molecular complexity index is 964. The summed E-state index contributed by atoms with van der Waals surface area (Å²) in [6, 6.07) is 14.2. The second-order valence-corrected chi connectivity index (χ2v) is 8.39. The maximum atomic E-state index is 12.6. The van der Waals surface area contributed by atoms with E-state index >= 15 is 0 Å². The Kier molecular flexibility index (Phi) is 5.95. The van der Waals surface area contributed by atoms with E-state index in [1.54, 1.807) is 0 Å². The number of benzene rings is 2. The molecule has 1 aliphatic rings. The van der Waals surface area contributed by atoms with Crippen molar-refractivity contribution in [2.75, 3.05) is 25.0 Å². The molecule has 0 aliphatic carbocycles. The third-order valence-electron chi connectivity index (χ3n) is 5.86. The van der Waals surface area contributed by atoms with Gasteiger partial charge in [0.05, 0.1) is 6.54 Å². The molecule has 0 radical (unpaired) electrons. The summed E-state index contributed by atoms with van der Waals surface area (Å²) in [5.41, 5.74) is 0.893. The summed E-state index contributed by atoms with van der Waals surface area (Å²) in [5, 5.41) is 5.34. The molecule has 2 heterocycles. The quantitative estimate of drug-likeness (QED) is 0.674. The van der Waals surface area contributed by atoms with E-state index in [1.165, 1.54) is 5.82 Å². The molecule has 3 aromatic rings. The van der Waals surface area contributed by atoms with Crippen LogP contribution in [0.25, 0.3) is 10.8 Å².